The molecule has 2 aromatic carbocycles. The highest BCUT2D eigenvalue weighted by atomic mass is 16.5. The van der Waals surface area contributed by atoms with Crippen LogP contribution in [-0.4, -0.2) is 66.5 Å². The largest absolute Gasteiger partial charge is 0.496 e. The lowest BCUT2D eigenvalue weighted by molar-refractivity contribution is -0.111. The Balaban J connectivity index is 1.72. The Kier molecular flexibility index (Phi) is 5.04. The summed E-state index contributed by atoms with van der Waals surface area (Å²) in [5.41, 5.74) is 3.73. The Morgan fingerprint density at radius 1 is 1.30 bits per heavy atom. The molecule has 1 amide bonds. The van der Waals surface area contributed by atoms with Gasteiger partial charge in [0.25, 0.3) is 0 Å². The minimum atomic E-state index is -2.88. The SMILES string of the molecule is [2H]C([2H])=C([2H])C(=O)Nc1cc(Cc2nccc(-c3cn(C)c4ccccc34)n2)c(OC)cc1N(C)CCN(C([2H])([2H])[2H])C([2H])([2H])[2H]. The van der Waals surface area contributed by atoms with Crippen molar-refractivity contribution in [3.8, 4) is 17.0 Å². The first-order valence-electron chi connectivity index (χ1n) is 16.0. The Labute approximate surface area is 230 Å². The van der Waals surface area contributed by atoms with Gasteiger partial charge in [-0.25, -0.2) is 9.97 Å². The van der Waals surface area contributed by atoms with Crippen LogP contribution in [0.5, 0.6) is 5.75 Å². The zero-order valence-corrected chi connectivity index (χ0v) is 20.9. The zero-order chi connectivity index (χ0) is 34.0. The Hall–Kier alpha value is -4.17. The molecule has 0 aliphatic carbocycles. The van der Waals surface area contributed by atoms with Crippen molar-refractivity contribution in [2.24, 2.45) is 7.05 Å². The van der Waals surface area contributed by atoms with Crippen LogP contribution in [0.3, 0.4) is 0 Å². The molecule has 4 rings (SSSR count). The normalized spacial score (nSPS) is 15.2. The van der Waals surface area contributed by atoms with Gasteiger partial charge in [0.05, 0.1) is 28.3 Å². The van der Waals surface area contributed by atoms with Crippen LogP contribution >= 0.6 is 0 Å². The number of hydrogen-bond acceptors (Lipinski definition) is 6. The number of aromatic nitrogens is 3. The smallest absolute Gasteiger partial charge is 0.247 e. The molecule has 0 aliphatic heterocycles. The molecule has 2 heterocycles. The van der Waals surface area contributed by atoms with E-state index in [9.17, 15) is 4.79 Å². The zero-order valence-electron chi connectivity index (χ0n) is 29.9. The summed E-state index contributed by atoms with van der Waals surface area (Å²) in [5.74, 6) is -0.175. The van der Waals surface area contributed by atoms with Gasteiger partial charge in [0.2, 0.25) is 5.91 Å². The van der Waals surface area contributed by atoms with Crippen LogP contribution in [0.4, 0.5) is 11.4 Å². The molecule has 0 bridgehead atoms. The van der Waals surface area contributed by atoms with E-state index in [2.05, 4.69) is 10.3 Å². The third-order valence-corrected chi connectivity index (χ3v) is 6.06. The Morgan fingerprint density at radius 3 is 2.92 bits per heavy atom. The van der Waals surface area contributed by atoms with Gasteiger partial charge in [0.15, 0.2) is 0 Å². The summed E-state index contributed by atoms with van der Waals surface area (Å²) < 4.78 is 76.2. The molecule has 0 atom stereocenters. The number of carbonyl (C=O) groups is 1. The van der Waals surface area contributed by atoms with Gasteiger partial charge in [0, 0.05) is 82.3 Å². The average molecular weight is 508 g/mol. The van der Waals surface area contributed by atoms with Crippen molar-refractivity contribution in [2.75, 3.05) is 51.4 Å². The summed E-state index contributed by atoms with van der Waals surface area (Å²) >= 11 is 0. The summed E-state index contributed by atoms with van der Waals surface area (Å²) in [6.45, 7) is -7.19. The monoisotopic (exact) mass is 507 g/mol. The van der Waals surface area contributed by atoms with Crippen molar-refractivity contribution in [3.05, 3.63) is 78.8 Å². The van der Waals surface area contributed by atoms with E-state index in [0.29, 0.717) is 33.4 Å². The molecule has 8 heteroatoms. The number of hydrogen-bond donors (Lipinski definition) is 1. The van der Waals surface area contributed by atoms with Crippen molar-refractivity contribution in [2.45, 2.75) is 6.42 Å². The summed E-state index contributed by atoms with van der Waals surface area (Å²) in [7, 11) is 4.99. The van der Waals surface area contributed by atoms with Gasteiger partial charge in [-0.05, 0) is 38.2 Å². The molecular formula is C29H34N6O2. The summed E-state index contributed by atoms with van der Waals surface area (Å²) in [6.07, 6.45) is 3.82. The van der Waals surface area contributed by atoms with E-state index in [1.807, 2.05) is 48.1 Å². The first-order chi connectivity index (χ1) is 21.5. The number of ether oxygens (including phenoxy) is 1. The predicted molar refractivity (Wildman–Crippen MR) is 150 cm³/mol. The number of nitrogens with zero attached hydrogens (tertiary/aromatic N) is 5. The van der Waals surface area contributed by atoms with Crippen LogP contribution in [0.15, 0.2) is 67.4 Å². The second-order valence-corrected chi connectivity index (χ2v) is 8.54. The second-order valence-electron chi connectivity index (χ2n) is 8.54. The number of aryl methyl sites for hydroxylation is 1. The van der Waals surface area contributed by atoms with E-state index < -0.39 is 32.4 Å². The maximum absolute atomic E-state index is 12.8. The van der Waals surface area contributed by atoms with E-state index in [4.69, 9.17) is 22.1 Å². The number of methoxy groups -OCH3 is 1. The van der Waals surface area contributed by atoms with Gasteiger partial charge in [0.1, 0.15) is 11.6 Å². The summed E-state index contributed by atoms with van der Waals surface area (Å²) in [6, 6.07) is 12.1. The third kappa shape index (κ3) is 5.81. The van der Waals surface area contributed by atoms with Gasteiger partial charge in [-0.3, -0.25) is 4.79 Å². The maximum Gasteiger partial charge on any atom is 0.247 e. The summed E-state index contributed by atoms with van der Waals surface area (Å²) in [5, 5.41) is 3.59. The molecule has 0 saturated carbocycles. The van der Waals surface area contributed by atoms with Crippen LogP contribution < -0.4 is 15.0 Å². The standard InChI is InChI=1S/C29H34N6O2/c1-7-29(36)32-24-16-20(27(37-6)18-26(24)34(4)15-14-33(2)3)17-28-30-13-12-23(31-28)22-19-35(5)25-11-9-8-10-21(22)25/h7-13,16,18-19H,1,14-15,17H2,2-6H3,(H,32,36)/i1D2,2D3,3D3,7D. The topological polar surface area (TPSA) is 75.5 Å². The van der Waals surface area contributed by atoms with Crippen LogP contribution in [0, 0.1) is 0 Å². The highest BCUT2D eigenvalue weighted by molar-refractivity contribution is 6.01. The molecule has 0 spiro atoms. The molecule has 2 aromatic heterocycles. The Bertz CT molecular complexity index is 1750. The highest BCUT2D eigenvalue weighted by Gasteiger charge is 2.17. The van der Waals surface area contributed by atoms with Gasteiger partial charge >= 0.3 is 0 Å². The molecular weight excluding hydrogens is 464 g/mol. The lowest BCUT2D eigenvalue weighted by Gasteiger charge is -2.25. The first kappa shape index (κ1) is 16.6. The quantitative estimate of drug-likeness (QED) is 0.322. The highest BCUT2D eigenvalue weighted by Crippen LogP contribution is 2.35. The molecule has 0 saturated heterocycles. The minimum absolute atomic E-state index is 0.0793. The fourth-order valence-electron chi connectivity index (χ4n) is 4.23. The number of nitrogens with one attached hydrogen (secondary N) is 1. The molecule has 8 nitrogen and oxygen atoms in total. The van der Waals surface area contributed by atoms with Gasteiger partial charge < -0.3 is 24.4 Å². The number of amides is 1. The van der Waals surface area contributed by atoms with Crippen molar-refractivity contribution in [1.82, 2.24) is 19.4 Å². The lowest BCUT2D eigenvalue weighted by atomic mass is 10.1. The van der Waals surface area contributed by atoms with Gasteiger partial charge in [-0.2, -0.15) is 0 Å². The molecule has 1 N–H and O–H groups in total. The molecule has 0 aliphatic rings. The number of anilines is 2. The lowest BCUT2D eigenvalue weighted by Crippen LogP contribution is -2.29. The van der Waals surface area contributed by atoms with Crippen LogP contribution in [0.2, 0.25) is 0 Å². The van der Waals surface area contributed by atoms with Crippen LogP contribution in [-0.2, 0) is 18.3 Å². The molecule has 0 unspecified atom stereocenters. The van der Waals surface area contributed by atoms with Crippen molar-refractivity contribution in [3.63, 3.8) is 0 Å². The van der Waals surface area contributed by atoms with E-state index in [1.165, 1.54) is 7.11 Å². The average Bonchev–Trinajstić information content (AvgIpc) is 3.32. The van der Waals surface area contributed by atoms with Crippen molar-refractivity contribution < 1.29 is 21.9 Å². The second kappa shape index (κ2) is 11.3. The van der Waals surface area contributed by atoms with E-state index in [-0.39, 0.29) is 25.2 Å². The first-order valence-corrected chi connectivity index (χ1v) is 11.5. The van der Waals surface area contributed by atoms with Crippen LogP contribution in [0.25, 0.3) is 22.2 Å². The van der Waals surface area contributed by atoms with Gasteiger partial charge in [-0.1, -0.05) is 24.7 Å². The molecule has 37 heavy (non-hydrogen) atoms. The molecule has 0 radical (unpaired) electrons. The fourth-order valence-corrected chi connectivity index (χ4v) is 4.23. The van der Waals surface area contributed by atoms with E-state index in [1.54, 1.807) is 30.3 Å². The van der Waals surface area contributed by atoms with E-state index in [0.717, 1.165) is 16.5 Å². The van der Waals surface area contributed by atoms with Crippen molar-refractivity contribution in [1.29, 1.82) is 0 Å². The minimum Gasteiger partial charge on any atom is -0.496 e. The number of carbonyl (C=O) groups excluding carboxylic acids is 1. The Morgan fingerprint density at radius 2 is 2.14 bits per heavy atom. The number of fused-ring (bicyclic) bond motifs is 1. The number of rotatable bonds is 10. The fraction of sp³-hybridized carbons (Fsp3) is 0.276. The van der Waals surface area contributed by atoms with Gasteiger partial charge in [-0.15, -0.1) is 0 Å². The third-order valence-electron chi connectivity index (χ3n) is 6.06. The number of benzene rings is 2. The van der Waals surface area contributed by atoms with Crippen LogP contribution in [0.1, 0.15) is 23.7 Å². The molecule has 192 valence electrons. The number of para-hydroxylation sites is 1. The predicted octanol–water partition coefficient (Wildman–Crippen LogP) is 4.36. The molecule has 4 aromatic rings. The molecule has 0 fully saturated rings. The van der Waals surface area contributed by atoms with E-state index >= 15 is 0 Å². The summed E-state index contributed by atoms with van der Waals surface area (Å²) in [4.78, 5) is 24.0. The van der Waals surface area contributed by atoms with Crippen molar-refractivity contribution >= 4 is 28.2 Å². The maximum atomic E-state index is 12.8. The number of likely N-dealkylation sites (N-methyl/N-ethyl adjacent to an activating group) is 2.